The summed E-state index contributed by atoms with van der Waals surface area (Å²) in [4.78, 5) is 13.4. The first kappa shape index (κ1) is 6.97. The van der Waals surface area contributed by atoms with Gasteiger partial charge in [0.05, 0.1) is 11.2 Å². The van der Waals surface area contributed by atoms with E-state index in [-0.39, 0.29) is 0 Å². The summed E-state index contributed by atoms with van der Waals surface area (Å²) in [6, 6.07) is 5.49. The summed E-state index contributed by atoms with van der Waals surface area (Å²) in [5, 5.41) is 2.93. The number of aromatic amines is 1. The van der Waals surface area contributed by atoms with Crippen molar-refractivity contribution in [1.29, 1.82) is 0 Å². The van der Waals surface area contributed by atoms with Gasteiger partial charge in [-0.15, -0.1) is 0 Å². The van der Waals surface area contributed by atoms with Crippen molar-refractivity contribution in [2.75, 3.05) is 12.4 Å². The fourth-order valence-electron chi connectivity index (χ4n) is 1.17. The molecule has 2 N–H and O–H groups in total. The average molecular weight is 164 g/mol. The second kappa shape index (κ2) is 2.41. The molecule has 1 heterocycles. The van der Waals surface area contributed by atoms with Crippen LogP contribution in [0.5, 0.6) is 0 Å². The number of nitrogens with one attached hydrogen (secondary N) is 2. The minimum absolute atomic E-state index is 0.423. The molecule has 0 aliphatic carbocycles. The minimum Gasteiger partial charge on any atom is -0.406 e. The van der Waals surface area contributed by atoms with Crippen molar-refractivity contribution in [2.45, 2.75) is 0 Å². The highest BCUT2D eigenvalue weighted by molar-refractivity contribution is 5.85. The fraction of sp³-hybridized carbons (Fsp3) is 0.125. The molecule has 0 unspecified atom stereocenters. The Morgan fingerprint density at radius 2 is 2.33 bits per heavy atom. The molecule has 0 saturated heterocycles. The van der Waals surface area contributed by atoms with Gasteiger partial charge in [-0.3, -0.25) is 4.98 Å². The van der Waals surface area contributed by atoms with Crippen LogP contribution in [0, 0.1) is 0 Å². The van der Waals surface area contributed by atoms with Crippen LogP contribution in [-0.2, 0) is 0 Å². The summed E-state index contributed by atoms with van der Waals surface area (Å²) in [5.41, 5.74) is 2.10. The molecule has 0 atom stereocenters. The number of aromatic nitrogens is 1. The van der Waals surface area contributed by atoms with Crippen LogP contribution in [0.1, 0.15) is 0 Å². The molecule has 4 nitrogen and oxygen atoms in total. The maximum atomic E-state index is 10.8. The molecule has 12 heavy (non-hydrogen) atoms. The summed E-state index contributed by atoms with van der Waals surface area (Å²) in [6.45, 7) is 0. The molecule has 0 amide bonds. The predicted molar refractivity (Wildman–Crippen MR) is 46.4 cm³/mol. The van der Waals surface area contributed by atoms with E-state index < -0.39 is 5.76 Å². The average Bonchev–Trinajstić information content (AvgIpc) is 2.44. The number of rotatable bonds is 1. The third kappa shape index (κ3) is 0.887. The zero-order chi connectivity index (χ0) is 8.55. The molecule has 4 heteroatoms. The third-order valence-electron chi connectivity index (χ3n) is 1.72. The van der Waals surface area contributed by atoms with Gasteiger partial charge in [0, 0.05) is 7.05 Å². The molecule has 0 radical (unpaired) electrons. The van der Waals surface area contributed by atoms with Crippen molar-refractivity contribution in [2.24, 2.45) is 0 Å². The van der Waals surface area contributed by atoms with E-state index in [0.717, 1.165) is 5.69 Å². The van der Waals surface area contributed by atoms with Gasteiger partial charge in [0.15, 0.2) is 5.58 Å². The Bertz CT molecular complexity index is 455. The molecule has 62 valence electrons. The predicted octanol–water partition coefficient (Wildman–Crippen LogP) is 1.16. The fourth-order valence-corrected chi connectivity index (χ4v) is 1.17. The highest BCUT2D eigenvalue weighted by Crippen LogP contribution is 2.19. The number of para-hydroxylation sites is 1. The molecule has 0 aliphatic heterocycles. The maximum absolute atomic E-state index is 10.8. The summed E-state index contributed by atoms with van der Waals surface area (Å²) in [5.74, 6) is -0.423. The smallest absolute Gasteiger partial charge is 0.406 e. The van der Waals surface area contributed by atoms with E-state index in [1.54, 1.807) is 13.1 Å². The number of H-pyrrole nitrogens is 1. The van der Waals surface area contributed by atoms with Crippen LogP contribution in [-0.4, -0.2) is 12.0 Å². The molecular weight excluding hydrogens is 156 g/mol. The van der Waals surface area contributed by atoms with E-state index in [1.165, 1.54) is 0 Å². The highest BCUT2D eigenvalue weighted by Gasteiger charge is 2.03. The molecular formula is C8H8N2O2. The van der Waals surface area contributed by atoms with Crippen LogP contribution in [0.25, 0.3) is 11.1 Å². The number of anilines is 1. The van der Waals surface area contributed by atoms with E-state index in [4.69, 9.17) is 4.42 Å². The maximum Gasteiger partial charge on any atom is 0.417 e. The first-order valence-electron chi connectivity index (χ1n) is 3.61. The van der Waals surface area contributed by atoms with Crippen molar-refractivity contribution in [3.05, 3.63) is 28.7 Å². The lowest BCUT2D eigenvalue weighted by molar-refractivity contribution is 0.556. The van der Waals surface area contributed by atoms with Gasteiger partial charge in [0.1, 0.15) is 0 Å². The summed E-state index contributed by atoms with van der Waals surface area (Å²) in [7, 11) is 1.78. The van der Waals surface area contributed by atoms with Gasteiger partial charge in [-0.2, -0.15) is 0 Å². The SMILES string of the molecule is CNc1cccc2[nH]c(=O)oc12. The van der Waals surface area contributed by atoms with Gasteiger partial charge < -0.3 is 9.73 Å². The van der Waals surface area contributed by atoms with Crippen molar-refractivity contribution in [3.8, 4) is 0 Å². The Morgan fingerprint density at radius 1 is 1.50 bits per heavy atom. The normalized spacial score (nSPS) is 10.4. The second-order valence-corrected chi connectivity index (χ2v) is 2.45. The van der Waals surface area contributed by atoms with Crippen molar-refractivity contribution in [1.82, 2.24) is 4.98 Å². The van der Waals surface area contributed by atoms with Crippen molar-refractivity contribution < 1.29 is 4.42 Å². The van der Waals surface area contributed by atoms with Gasteiger partial charge in [0.25, 0.3) is 0 Å². The van der Waals surface area contributed by atoms with Gasteiger partial charge in [0.2, 0.25) is 0 Å². The largest absolute Gasteiger partial charge is 0.417 e. The van der Waals surface area contributed by atoms with E-state index >= 15 is 0 Å². The summed E-state index contributed by atoms with van der Waals surface area (Å²) >= 11 is 0. The Balaban J connectivity index is 2.87. The lowest BCUT2D eigenvalue weighted by atomic mass is 10.3. The lowest BCUT2D eigenvalue weighted by Gasteiger charge is -1.97. The number of hydrogen-bond donors (Lipinski definition) is 2. The van der Waals surface area contributed by atoms with Gasteiger partial charge in [-0.05, 0) is 12.1 Å². The molecule has 0 saturated carbocycles. The molecule has 2 aromatic rings. The molecule has 1 aromatic carbocycles. The topological polar surface area (TPSA) is 58.0 Å². The quantitative estimate of drug-likeness (QED) is 0.665. The minimum atomic E-state index is -0.423. The highest BCUT2D eigenvalue weighted by atomic mass is 16.4. The number of hydrogen-bond acceptors (Lipinski definition) is 3. The van der Waals surface area contributed by atoms with Crippen molar-refractivity contribution >= 4 is 16.8 Å². The first-order chi connectivity index (χ1) is 5.81. The van der Waals surface area contributed by atoms with E-state index in [2.05, 4.69) is 10.3 Å². The zero-order valence-electron chi connectivity index (χ0n) is 6.55. The van der Waals surface area contributed by atoms with E-state index in [0.29, 0.717) is 11.1 Å². The van der Waals surface area contributed by atoms with Crippen LogP contribution >= 0.6 is 0 Å². The third-order valence-corrected chi connectivity index (χ3v) is 1.72. The van der Waals surface area contributed by atoms with Crippen LogP contribution in [0.4, 0.5) is 5.69 Å². The van der Waals surface area contributed by atoms with Crippen LogP contribution in [0.3, 0.4) is 0 Å². The van der Waals surface area contributed by atoms with E-state index in [1.807, 2.05) is 12.1 Å². The van der Waals surface area contributed by atoms with Gasteiger partial charge in [-0.25, -0.2) is 4.79 Å². The van der Waals surface area contributed by atoms with E-state index in [9.17, 15) is 4.79 Å². The standard InChI is InChI=1S/C8H8N2O2/c1-9-5-3-2-4-6-7(5)12-8(11)10-6/h2-4,9H,1H3,(H,10,11). The Morgan fingerprint density at radius 3 is 3.08 bits per heavy atom. The monoisotopic (exact) mass is 164 g/mol. The number of fused-ring (bicyclic) bond motifs is 1. The second-order valence-electron chi connectivity index (χ2n) is 2.45. The van der Waals surface area contributed by atoms with Gasteiger partial charge in [-0.1, -0.05) is 6.07 Å². The zero-order valence-corrected chi connectivity index (χ0v) is 6.55. The number of oxazole rings is 1. The van der Waals surface area contributed by atoms with Crippen LogP contribution in [0.2, 0.25) is 0 Å². The Labute approximate surface area is 68.2 Å². The molecule has 2 rings (SSSR count). The van der Waals surface area contributed by atoms with Crippen LogP contribution in [0.15, 0.2) is 27.4 Å². The Kier molecular flexibility index (Phi) is 1.40. The molecule has 0 bridgehead atoms. The van der Waals surface area contributed by atoms with Crippen LogP contribution < -0.4 is 11.1 Å². The number of benzene rings is 1. The van der Waals surface area contributed by atoms with Crippen molar-refractivity contribution in [3.63, 3.8) is 0 Å². The molecule has 1 aromatic heterocycles. The Hall–Kier alpha value is -1.71. The summed E-state index contributed by atoms with van der Waals surface area (Å²) < 4.78 is 4.92. The first-order valence-corrected chi connectivity index (χ1v) is 3.61. The lowest BCUT2D eigenvalue weighted by Crippen LogP contribution is -1.92. The molecule has 0 spiro atoms. The molecule has 0 fully saturated rings. The summed E-state index contributed by atoms with van der Waals surface area (Å²) in [6.07, 6.45) is 0. The van der Waals surface area contributed by atoms with Gasteiger partial charge >= 0.3 is 5.76 Å². The molecule has 0 aliphatic rings.